The first-order valence-corrected chi connectivity index (χ1v) is 16.6. The second-order valence-electron chi connectivity index (χ2n) is 11.3. The maximum absolute atomic E-state index is 12.9. The molecule has 44 heavy (non-hydrogen) atoms. The number of carbonyl (C=O) groups is 4. The van der Waals surface area contributed by atoms with Crippen LogP contribution in [0.5, 0.6) is 0 Å². The van der Waals surface area contributed by atoms with Crippen molar-refractivity contribution in [3.63, 3.8) is 0 Å². The van der Waals surface area contributed by atoms with Crippen molar-refractivity contribution in [3.8, 4) is 0 Å². The molecule has 2 aromatic carbocycles. The molecule has 0 aliphatic carbocycles. The summed E-state index contributed by atoms with van der Waals surface area (Å²) in [7, 11) is 1.67. The van der Waals surface area contributed by atoms with Gasteiger partial charge in [-0.05, 0) is 41.8 Å². The molecule has 4 amide bonds. The number of unbranched alkanes of at least 4 members (excludes halogenated alkanes) is 10. The molecule has 4 N–H and O–H groups in total. The third kappa shape index (κ3) is 15.9. The fourth-order valence-corrected chi connectivity index (χ4v) is 4.99. The highest BCUT2D eigenvalue weighted by Crippen LogP contribution is 2.15. The number of nitrogens with one attached hydrogen (secondary N) is 2. The zero-order valence-electron chi connectivity index (χ0n) is 26.2. The predicted molar refractivity (Wildman–Crippen MR) is 178 cm³/mol. The summed E-state index contributed by atoms with van der Waals surface area (Å²) < 4.78 is 6.37. The lowest BCUT2D eigenvalue weighted by atomic mass is 10.0. The monoisotopic (exact) mass is 672 g/mol. The van der Waals surface area contributed by atoms with Crippen LogP contribution in [-0.2, 0) is 32.3 Å². The van der Waals surface area contributed by atoms with Crippen molar-refractivity contribution >= 4 is 45.4 Å². The molecule has 0 fully saturated rings. The van der Waals surface area contributed by atoms with E-state index in [9.17, 15) is 19.2 Å². The van der Waals surface area contributed by atoms with E-state index in [1.807, 2.05) is 24.3 Å². The smallest absolute Gasteiger partial charge is 0.410 e. The fraction of sp³-hybridized carbons (Fsp3) is 0.529. The second kappa shape index (κ2) is 21.3. The molecule has 10 heteroatoms. The van der Waals surface area contributed by atoms with Crippen molar-refractivity contribution in [2.45, 2.75) is 110 Å². The van der Waals surface area contributed by atoms with Crippen LogP contribution in [-0.4, -0.2) is 41.8 Å². The Morgan fingerprint density at radius 2 is 1.36 bits per heavy atom. The number of nitrogens with two attached hydrogens (primary N) is 1. The maximum Gasteiger partial charge on any atom is 0.410 e. The van der Waals surface area contributed by atoms with Gasteiger partial charge >= 0.3 is 6.09 Å². The molecular formula is C34H49BrN4O5. The Hall–Kier alpha value is -3.40. The molecular weight excluding hydrogens is 624 g/mol. The molecule has 0 bridgehead atoms. The Morgan fingerprint density at radius 1 is 0.818 bits per heavy atom. The van der Waals surface area contributed by atoms with Crippen molar-refractivity contribution in [1.29, 1.82) is 0 Å². The maximum atomic E-state index is 12.9. The highest BCUT2D eigenvalue weighted by atomic mass is 79.9. The molecule has 242 valence electrons. The van der Waals surface area contributed by atoms with Crippen LogP contribution in [0, 0.1) is 0 Å². The molecule has 0 unspecified atom stereocenters. The van der Waals surface area contributed by atoms with Crippen molar-refractivity contribution in [1.82, 2.24) is 10.2 Å². The van der Waals surface area contributed by atoms with Gasteiger partial charge < -0.3 is 26.0 Å². The van der Waals surface area contributed by atoms with Crippen LogP contribution < -0.4 is 16.4 Å². The van der Waals surface area contributed by atoms with Crippen LogP contribution in [0.2, 0.25) is 0 Å². The minimum absolute atomic E-state index is 0.0666. The number of nitrogens with zero attached hydrogens (tertiary/aromatic N) is 1. The summed E-state index contributed by atoms with van der Waals surface area (Å²) in [4.78, 5) is 50.8. The topological polar surface area (TPSA) is 131 Å². The van der Waals surface area contributed by atoms with Crippen LogP contribution in [0.4, 0.5) is 10.5 Å². The van der Waals surface area contributed by atoms with Gasteiger partial charge in [-0.3, -0.25) is 14.4 Å². The van der Waals surface area contributed by atoms with Gasteiger partial charge in [0.05, 0.1) is 6.42 Å². The highest BCUT2D eigenvalue weighted by molar-refractivity contribution is 9.10. The summed E-state index contributed by atoms with van der Waals surface area (Å²) in [5.74, 6) is -1.48. The first kappa shape index (κ1) is 36.8. The number of carbonyl (C=O) groups excluding carboxylic acids is 4. The molecule has 9 nitrogen and oxygen atoms in total. The van der Waals surface area contributed by atoms with E-state index in [4.69, 9.17) is 10.5 Å². The van der Waals surface area contributed by atoms with Crippen molar-refractivity contribution in [2.75, 3.05) is 12.4 Å². The van der Waals surface area contributed by atoms with Gasteiger partial charge in [-0.25, -0.2) is 4.79 Å². The first-order chi connectivity index (χ1) is 21.2. The van der Waals surface area contributed by atoms with Crippen LogP contribution >= 0.6 is 15.9 Å². The number of amides is 4. The summed E-state index contributed by atoms with van der Waals surface area (Å²) in [6.07, 6.45) is 12.6. The van der Waals surface area contributed by atoms with E-state index in [2.05, 4.69) is 33.5 Å². The number of rotatable bonds is 21. The van der Waals surface area contributed by atoms with Gasteiger partial charge in [0.2, 0.25) is 17.7 Å². The lowest BCUT2D eigenvalue weighted by molar-refractivity contribution is -0.128. The lowest BCUT2D eigenvalue weighted by Gasteiger charge is -2.18. The second-order valence-corrected chi connectivity index (χ2v) is 12.2. The van der Waals surface area contributed by atoms with Crippen molar-refractivity contribution < 1.29 is 23.9 Å². The minimum atomic E-state index is -1.06. The molecule has 0 aliphatic heterocycles. The quantitative estimate of drug-likeness (QED) is 0.121. The van der Waals surface area contributed by atoms with E-state index in [0.717, 1.165) is 34.9 Å². The van der Waals surface area contributed by atoms with Gasteiger partial charge in [-0.2, -0.15) is 0 Å². The normalized spacial score (nSPS) is 11.4. The van der Waals surface area contributed by atoms with E-state index in [-0.39, 0.29) is 18.9 Å². The zero-order chi connectivity index (χ0) is 32.2. The number of hydrogen-bond acceptors (Lipinski definition) is 5. The highest BCUT2D eigenvalue weighted by Gasteiger charge is 2.23. The van der Waals surface area contributed by atoms with Crippen LogP contribution in [0.1, 0.15) is 102 Å². The van der Waals surface area contributed by atoms with Crippen molar-refractivity contribution in [2.24, 2.45) is 5.73 Å². The van der Waals surface area contributed by atoms with Gasteiger partial charge in [0.25, 0.3) is 0 Å². The van der Waals surface area contributed by atoms with E-state index in [0.29, 0.717) is 18.7 Å². The number of anilines is 1. The molecule has 1 atom stereocenters. The molecule has 2 rings (SSSR count). The Bertz CT molecular complexity index is 1160. The van der Waals surface area contributed by atoms with Gasteiger partial charge in [0, 0.05) is 30.2 Å². The SMILES string of the molecule is CCCCCCCCCCCCCC(=O)N[C@H](CC(N)=O)C(=O)Nc1ccc(COC(=O)N(C)Cc2ccc(Br)cc2)cc1. The van der Waals surface area contributed by atoms with E-state index >= 15 is 0 Å². The molecule has 0 aromatic heterocycles. The summed E-state index contributed by atoms with van der Waals surface area (Å²) in [6, 6.07) is 13.4. The molecule has 0 saturated carbocycles. The predicted octanol–water partition coefficient (Wildman–Crippen LogP) is 7.22. The number of halogens is 1. The molecule has 0 saturated heterocycles. The minimum Gasteiger partial charge on any atom is -0.445 e. The number of primary amides is 1. The van der Waals surface area contributed by atoms with Crippen LogP contribution in [0.25, 0.3) is 0 Å². The third-order valence-electron chi connectivity index (χ3n) is 7.29. The van der Waals surface area contributed by atoms with E-state index < -0.39 is 23.9 Å². The number of hydrogen-bond donors (Lipinski definition) is 3. The third-order valence-corrected chi connectivity index (χ3v) is 7.82. The van der Waals surface area contributed by atoms with Gasteiger partial charge in [-0.1, -0.05) is 111 Å². The molecule has 0 radical (unpaired) electrons. The summed E-state index contributed by atoms with van der Waals surface area (Å²) >= 11 is 3.39. The molecule has 0 heterocycles. The summed E-state index contributed by atoms with van der Waals surface area (Å²) in [5.41, 5.74) is 7.54. The number of benzene rings is 2. The number of ether oxygens (including phenoxy) is 1. The van der Waals surface area contributed by atoms with Crippen molar-refractivity contribution in [3.05, 3.63) is 64.1 Å². The first-order valence-electron chi connectivity index (χ1n) is 15.8. The largest absolute Gasteiger partial charge is 0.445 e. The van der Waals surface area contributed by atoms with Crippen LogP contribution in [0.15, 0.2) is 53.0 Å². The Labute approximate surface area is 270 Å². The Balaban J connectivity index is 1.71. The zero-order valence-corrected chi connectivity index (χ0v) is 27.8. The van der Waals surface area contributed by atoms with E-state index in [1.165, 1.54) is 56.3 Å². The summed E-state index contributed by atoms with van der Waals surface area (Å²) in [6.45, 7) is 2.71. The molecule has 2 aromatic rings. The molecule has 0 aliphatic rings. The standard InChI is InChI=1S/C34H49BrN4O5/c1-3-4-5-6-7-8-9-10-11-12-13-14-32(41)38-30(23-31(36)40)33(42)37-29-21-17-27(18-22-29)25-44-34(43)39(2)24-26-15-19-28(35)20-16-26/h15-22,30H,3-14,23-25H2,1-2H3,(H2,36,40)(H,37,42)(H,38,41)/t30-/m1/s1. The van der Waals surface area contributed by atoms with Crippen LogP contribution in [0.3, 0.4) is 0 Å². The lowest BCUT2D eigenvalue weighted by Crippen LogP contribution is -2.46. The average Bonchev–Trinajstić information content (AvgIpc) is 2.99. The Kier molecular flexibility index (Phi) is 17.8. The molecule has 0 spiro atoms. The van der Waals surface area contributed by atoms with E-state index in [1.54, 1.807) is 31.3 Å². The average molecular weight is 674 g/mol. The fourth-order valence-electron chi connectivity index (χ4n) is 4.72. The van der Waals surface area contributed by atoms with Gasteiger partial charge in [0.15, 0.2) is 0 Å². The van der Waals surface area contributed by atoms with Gasteiger partial charge in [-0.15, -0.1) is 0 Å². The summed E-state index contributed by atoms with van der Waals surface area (Å²) in [5, 5.41) is 5.39. The Morgan fingerprint density at radius 3 is 1.93 bits per heavy atom. The van der Waals surface area contributed by atoms with Gasteiger partial charge in [0.1, 0.15) is 12.6 Å².